The first kappa shape index (κ1) is 12.2. The highest BCUT2D eigenvalue weighted by Crippen LogP contribution is 2.22. The minimum Gasteiger partial charge on any atom is -0.494 e. The molecule has 92 valence electrons. The Morgan fingerprint density at radius 2 is 1.50 bits per heavy atom. The lowest BCUT2D eigenvalue weighted by molar-refractivity contribution is 0.340. The fourth-order valence-electron chi connectivity index (χ4n) is 1.75. The molecule has 0 heterocycles. The molecular weight excluding hydrogens is 224 g/mol. The highest BCUT2D eigenvalue weighted by Gasteiger charge is 2.00. The van der Waals surface area contributed by atoms with Crippen molar-refractivity contribution in [3.05, 3.63) is 54.1 Å². The van der Waals surface area contributed by atoms with Crippen molar-refractivity contribution in [1.29, 1.82) is 5.41 Å². The smallest absolute Gasteiger partial charge is 0.122 e. The fraction of sp³-hybridized carbons (Fsp3) is 0.133. The van der Waals surface area contributed by atoms with Gasteiger partial charge in [0.05, 0.1) is 6.61 Å². The molecule has 0 aliphatic carbocycles. The van der Waals surface area contributed by atoms with Crippen LogP contribution in [-0.4, -0.2) is 12.4 Å². The van der Waals surface area contributed by atoms with Crippen molar-refractivity contribution in [2.75, 3.05) is 6.61 Å². The lowest BCUT2D eigenvalue weighted by atomic mass is 10.0. The Balaban J connectivity index is 2.23. The van der Waals surface area contributed by atoms with Crippen LogP contribution in [0.4, 0.5) is 0 Å². The molecule has 0 saturated heterocycles. The summed E-state index contributed by atoms with van der Waals surface area (Å²) in [4.78, 5) is 0. The van der Waals surface area contributed by atoms with Crippen molar-refractivity contribution in [1.82, 2.24) is 0 Å². The summed E-state index contributed by atoms with van der Waals surface area (Å²) in [5, 5.41) is 7.35. The molecule has 2 aromatic rings. The molecule has 0 radical (unpaired) electrons. The van der Waals surface area contributed by atoms with Crippen molar-refractivity contribution in [3.8, 4) is 16.9 Å². The van der Waals surface area contributed by atoms with E-state index < -0.39 is 0 Å². The van der Waals surface area contributed by atoms with Gasteiger partial charge in [0.15, 0.2) is 0 Å². The van der Waals surface area contributed by atoms with Crippen LogP contribution in [0.5, 0.6) is 5.75 Å². The molecule has 0 amide bonds. The normalized spacial score (nSPS) is 10.1. The number of hydrogen-bond donors (Lipinski definition) is 2. The summed E-state index contributed by atoms with van der Waals surface area (Å²) in [6.45, 7) is 2.64. The van der Waals surface area contributed by atoms with Crippen molar-refractivity contribution in [2.45, 2.75) is 6.92 Å². The zero-order valence-corrected chi connectivity index (χ0v) is 10.3. The number of benzene rings is 2. The molecule has 0 saturated carbocycles. The Morgan fingerprint density at radius 3 is 1.94 bits per heavy atom. The van der Waals surface area contributed by atoms with Gasteiger partial charge in [-0.15, -0.1) is 0 Å². The third kappa shape index (κ3) is 2.69. The first-order valence-electron chi connectivity index (χ1n) is 5.88. The molecule has 2 rings (SSSR count). The van der Waals surface area contributed by atoms with E-state index in [0.717, 1.165) is 22.4 Å². The van der Waals surface area contributed by atoms with Crippen LogP contribution >= 0.6 is 0 Å². The van der Waals surface area contributed by atoms with Gasteiger partial charge in [0, 0.05) is 5.56 Å². The molecule has 0 aromatic heterocycles. The van der Waals surface area contributed by atoms with Crippen LogP contribution in [0.3, 0.4) is 0 Å². The van der Waals surface area contributed by atoms with Gasteiger partial charge < -0.3 is 10.5 Å². The molecule has 0 spiro atoms. The predicted octanol–water partition coefficient (Wildman–Crippen LogP) is 3.04. The zero-order valence-electron chi connectivity index (χ0n) is 10.3. The van der Waals surface area contributed by atoms with E-state index >= 15 is 0 Å². The molecule has 0 fully saturated rings. The number of nitrogens with two attached hydrogens (primary N) is 1. The predicted molar refractivity (Wildman–Crippen MR) is 74.1 cm³/mol. The molecule has 3 N–H and O–H groups in total. The van der Waals surface area contributed by atoms with E-state index in [1.807, 2.05) is 55.5 Å². The van der Waals surface area contributed by atoms with Crippen molar-refractivity contribution >= 4 is 5.84 Å². The van der Waals surface area contributed by atoms with Gasteiger partial charge in [-0.25, -0.2) is 0 Å². The van der Waals surface area contributed by atoms with Crippen LogP contribution in [0.25, 0.3) is 11.1 Å². The molecule has 0 aliphatic rings. The largest absolute Gasteiger partial charge is 0.494 e. The van der Waals surface area contributed by atoms with E-state index in [1.165, 1.54) is 0 Å². The van der Waals surface area contributed by atoms with Gasteiger partial charge in [0.25, 0.3) is 0 Å². The third-order valence-electron chi connectivity index (χ3n) is 2.69. The lowest BCUT2D eigenvalue weighted by Gasteiger charge is -2.06. The Bertz CT molecular complexity index is 529. The van der Waals surface area contributed by atoms with E-state index in [1.54, 1.807) is 0 Å². The number of nitrogens with one attached hydrogen (secondary N) is 1. The first-order valence-corrected chi connectivity index (χ1v) is 5.88. The van der Waals surface area contributed by atoms with E-state index in [4.69, 9.17) is 15.9 Å². The van der Waals surface area contributed by atoms with Gasteiger partial charge >= 0.3 is 0 Å². The Morgan fingerprint density at radius 1 is 1.00 bits per heavy atom. The van der Waals surface area contributed by atoms with Crippen LogP contribution in [0, 0.1) is 5.41 Å². The maximum absolute atomic E-state index is 7.35. The lowest BCUT2D eigenvalue weighted by Crippen LogP contribution is -2.10. The van der Waals surface area contributed by atoms with Crippen LogP contribution in [-0.2, 0) is 0 Å². The topological polar surface area (TPSA) is 59.1 Å². The van der Waals surface area contributed by atoms with Gasteiger partial charge in [-0.2, -0.15) is 0 Å². The average molecular weight is 240 g/mol. The Hall–Kier alpha value is -2.29. The molecule has 0 unspecified atom stereocenters. The second-order valence-corrected chi connectivity index (χ2v) is 3.95. The van der Waals surface area contributed by atoms with Gasteiger partial charge in [-0.05, 0) is 30.2 Å². The zero-order chi connectivity index (χ0) is 13.0. The molecule has 18 heavy (non-hydrogen) atoms. The molecule has 3 heteroatoms. The minimum absolute atomic E-state index is 0.0910. The maximum atomic E-state index is 7.35. The summed E-state index contributed by atoms with van der Waals surface area (Å²) in [6, 6.07) is 15.6. The van der Waals surface area contributed by atoms with E-state index in [9.17, 15) is 0 Å². The molecule has 0 atom stereocenters. The van der Waals surface area contributed by atoms with Gasteiger partial charge in [0.2, 0.25) is 0 Å². The molecule has 2 aromatic carbocycles. The van der Waals surface area contributed by atoms with E-state index in [2.05, 4.69) is 0 Å². The molecule has 0 bridgehead atoms. The second kappa shape index (κ2) is 5.36. The highest BCUT2D eigenvalue weighted by molar-refractivity contribution is 5.95. The van der Waals surface area contributed by atoms with Crippen molar-refractivity contribution in [2.24, 2.45) is 5.73 Å². The van der Waals surface area contributed by atoms with Crippen molar-refractivity contribution < 1.29 is 4.74 Å². The standard InChI is InChI=1S/C15H16N2O/c1-2-18-14-9-7-12(8-10-14)11-3-5-13(6-4-11)15(16)17/h3-10H,2H2,1H3,(H3,16,17). The second-order valence-electron chi connectivity index (χ2n) is 3.95. The van der Waals surface area contributed by atoms with Crippen LogP contribution in [0.2, 0.25) is 0 Å². The summed E-state index contributed by atoms with van der Waals surface area (Å²) in [5.41, 5.74) is 8.38. The van der Waals surface area contributed by atoms with Gasteiger partial charge in [-0.1, -0.05) is 36.4 Å². The van der Waals surface area contributed by atoms with Crippen LogP contribution in [0.15, 0.2) is 48.5 Å². The number of nitrogen functional groups attached to an aromatic ring is 1. The Labute approximate surface area is 107 Å². The number of amidine groups is 1. The summed E-state index contributed by atoms with van der Waals surface area (Å²) < 4.78 is 5.40. The minimum atomic E-state index is 0.0910. The maximum Gasteiger partial charge on any atom is 0.122 e. The summed E-state index contributed by atoms with van der Waals surface area (Å²) in [5.74, 6) is 0.967. The number of hydrogen-bond acceptors (Lipinski definition) is 2. The molecule has 3 nitrogen and oxygen atoms in total. The summed E-state index contributed by atoms with van der Waals surface area (Å²) in [7, 11) is 0. The van der Waals surface area contributed by atoms with E-state index in [-0.39, 0.29) is 5.84 Å². The monoisotopic (exact) mass is 240 g/mol. The SMILES string of the molecule is CCOc1ccc(-c2ccc(C(=N)N)cc2)cc1. The summed E-state index contributed by atoms with van der Waals surface area (Å²) >= 11 is 0. The van der Waals surface area contributed by atoms with Crippen molar-refractivity contribution in [3.63, 3.8) is 0 Å². The van der Waals surface area contributed by atoms with Gasteiger partial charge in [0.1, 0.15) is 11.6 Å². The first-order chi connectivity index (χ1) is 8.70. The quantitative estimate of drug-likeness (QED) is 0.637. The summed E-state index contributed by atoms with van der Waals surface area (Å²) in [6.07, 6.45) is 0. The van der Waals surface area contributed by atoms with Gasteiger partial charge in [-0.3, -0.25) is 5.41 Å². The Kier molecular flexibility index (Phi) is 3.63. The van der Waals surface area contributed by atoms with Crippen LogP contribution < -0.4 is 10.5 Å². The number of rotatable bonds is 4. The third-order valence-corrected chi connectivity index (χ3v) is 2.69. The molecule has 0 aliphatic heterocycles. The highest BCUT2D eigenvalue weighted by atomic mass is 16.5. The van der Waals surface area contributed by atoms with Crippen LogP contribution in [0.1, 0.15) is 12.5 Å². The average Bonchev–Trinajstić information content (AvgIpc) is 2.40. The van der Waals surface area contributed by atoms with E-state index in [0.29, 0.717) is 6.61 Å². The molecular formula is C15H16N2O. The fourth-order valence-corrected chi connectivity index (χ4v) is 1.75. The number of ether oxygens (including phenoxy) is 1.